The van der Waals surface area contributed by atoms with Crippen LogP contribution in [0.1, 0.15) is 6.42 Å². The molecule has 25 heavy (non-hydrogen) atoms. The highest BCUT2D eigenvalue weighted by molar-refractivity contribution is 7.91. The van der Waals surface area contributed by atoms with Crippen LogP contribution in [0.4, 0.5) is 5.69 Å². The molecule has 0 fully saturated rings. The Bertz CT molecular complexity index is 867. The lowest BCUT2D eigenvalue weighted by Gasteiger charge is -2.10. The maximum atomic E-state index is 12.4. The molecular weight excluding hydrogens is 366 g/mol. The summed E-state index contributed by atoms with van der Waals surface area (Å²) in [6.45, 7) is 0. The molecule has 1 amide bonds. The highest BCUT2D eigenvalue weighted by atomic mass is 35.5. The van der Waals surface area contributed by atoms with Gasteiger partial charge in [-0.1, -0.05) is 17.7 Å². The number of carbonyl (C=O) groups is 1. The van der Waals surface area contributed by atoms with Gasteiger partial charge in [-0.15, -0.1) is 0 Å². The predicted molar refractivity (Wildman–Crippen MR) is 96.3 cm³/mol. The minimum Gasteiger partial charge on any atom is -0.493 e. The Morgan fingerprint density at radius 2 is 1.80 bits per heavy atom. The average Bonchev–Trinajstić information content (AvgIpc) is 2.59. The Labute approximate surface area is 151 Å². The van der Waals surface area contributed by atoms with Crippen LogP contribution in [0.15, 0.2) is 47.4 Å². The molecule has 0 spiro atoms. The van der Waals surface area contributed by atoms with Crippen LogP contribution in [0.5, 0.6) is 11.5 Å². The highest BCUT2D eigenvalue weighted by Gasteiger charge is 2.19. The molecule has 0 bridgehead atoms. The number of benzene rings is 2. The summed E-state index contributed by atoms with van der Waals surface area (Å²) in [7, 11) is -0.748. The maximum absolute atomic E-state index is 12.4. The van der Waals surface area contributed by atoms with Crippen molar-refractivity contribution < 1.29 is 22.7 Å². The SMILES string of the molecule is COc1ccc(S(=O)(=O)CCC(=O)Nc2cccc(Cl)c2)cc1OC. The third-order valence-electron chi connectivity index (χ3n) is 3.42. The quantitative estimate of drug-likeness (QED) is 0.794. The van der Waals surface area contributed by atoms with Crippen LogP contribution in [0, 0.1) is 0 Å². The van der Waals surface area contributed by atoms with E-state index in [1.807, 2.05) is 0 Å². The number of carbonyl (C=O) groups excluding carboxylic acids is 1. The van der Waals surface area contributed by atoms with Crippen molar-refractivity contribution in [1.82, 2.24) is 0 Å². The summed E-state index contributed by atoms with van der Waals surface area (Å²) in [5, 5.41) is 3.10. The van der Waals surface area contributed by atoms with Gasteiger partial charge < -0.3 is 14.8 Å². The van der Waals surface area contributed by atoms with Crippen molar-refractivity contribution in [1.29, 1.82) is 0 Å². The van der Waals surface area contributed by atoms with Crippen molar-refractivity contribution in [3.63, 3.8) is 0 Å². The van der Waals surface area contributed by atoms with Crippen molar-refractivity contribution in [2.75, 3.05) is 25.3 Å². The van der Waals surface area contributed by atoms with Gasteiger partial charge in [-0.3, -0.25) is 4.79 Å². The smallest absolute Gasteiger partial charge is 0.225 e. The second kappa shape index (κ2) is 8.22. The molecule has 0 unspecified atom stereocenters. The van der Waals surface area contributed by atoms with Crippen LogP contribution < -0.4 is 14.8 Å². The standard InChI is InChI=1S/C17H18ClNO5S/c1-23-15-7-6-14(11-16(15)24-2)25(21,22)9-8-17(20)19-13-5-3-4-12(18)10-13/h3-7,10-11H,8-9H2,1-2H3,(H,19,20). The van der Waals surface area contributed by atoms with Crippen molar-refractivity contribution in [2.45, 2.75) is 11.3 Å². The Morgan fingerprint density at radius 1 is 1.08 bits per heavy atom. The number of hydrogen-bond donors (Lipinski definition) is 1. The summed E-state index contributed by atoms with van der Waals surface area (Å²) in [5.41, 5.74) is 0.515. The normalized spacial score (nSPS) is 11.0. The number of methoxy groups -OCH3 is 2. The van der Waals surface area contributed by atoms with Crippen LogP contribution >= 0.6 is 11.6 Å². The molecular formula is C17H18ClNO5S. The maximum Gasteiger partial charge on any atom is 0.225 e. The second-order valence-electron chi connectivity index (χ2n) is 5.14. The lowest BCUT2D eigenvalue weighted by Crippen LogP contribution is -2.17. The number of anilines is 1. The molecule has 0 aromatic heterocycles. The Kier molecular flexibility index (Phi) is 6.27. The first-order valence-corrected chi connectivity index (χ1v) is 9.39. The van der Waals surface area contributed by atoms with Crippen molar-refractivity contribution in [2.24, 2.45) is 0 Å². The van der Waals surface area contributed by atoms with Crippen LogP contribution in [0.25, 0.3) is 0 Å². The summed E-state index contributed by atoms with van der Waals surface area (Å²) in [4.78, 5) is 12.0. The Balaban J connectivity index is 2.05. The molecule has 0 saturated carbocycles. The molecule has 0 saturated heterocycles. The summed E-state index contributed by atoms with van der Waals surface area (Å²) in [6, 6.07) is 10.9. The van der Waals surface area contributed by atoms with Gasteiger partial charge in [0.05, 0.1) is 24.9 Å². The fraction of sp³-hybridized carbons (Fsp3) is 0.235. The van der Waals surface area contributed by atoms with Crippen LogP contribution in [0.3, 0.4) is 0 Å². The fourth-order valence-corrected chi connectivity index (χ4v) is 3.59. The Morgan fingerprint density at radius 3 is 2.44 bits per heavy atom. The van der Waals surface area contributed by atoms with E-state index in [2.05, 4.69) is 5.32 Å². The van der Waals surface area contributed by atoms with E-state index >= 15 is 0 Å². The molecule has 0 heterocycles. The van der Waals surface area contributed by atoms with Crippen LogP contribution in [-0.2, 0) is 14.6 Å². The van der Waals surface area contributed by atoms with Gasteiger partial charge in [0.2, 0.25) is 5.91 Å². The fourth-order valence-electron chi connectivity index (χ4n) is 2.14. The van der Waals surface area contributed by atoms with Crippen molar-refractivity contribution in [3.8, 4) is 11.5 Å². The van der Waals surface area contributed by atoms with Crippen molar-refractivity contribution in [3.05, 3.63) is 47.5 Å². The largest absolute Gasteiger partial charge is 0.493 e. The number of nitrogens with one attached hydrogen (secondary N) is 1. The number of halogens is 1. The van der Waals surface area contributed by atoms with E-state index in [9.17, 15) is 13.2 Å². The zero-order valence-corrected chi connectivity index (χ0v) is 15.4. The predicted octanol–water partition coefficient (Wildman–Crippen LogP) is 3.16. The lowest BCUT2D eigenvalue weighted by molar-refractivity contribution is -0.115. The zero-order chi connectivity index (χ0) is 18.4. The third kappa shape index (κ3) is 5.11. The molecule has 2 aromatic carbocycles. The van der Waals surface area contributed by atoms with E-state index in [4.69, 9.17) is 21.1 Å². The summed E-state index contributed by atoms with van der Waals surface area (Å²) in [6.07, 6.45) is -0.177. The molecule has 0 radical (unpaired) electrons. The number of sulfone groups is 1. The molecule has 134 valence electrons. The molecule has 6 nitrogen and oxygen atoms in total. The lowest BCUT2D eigenvalue weighted by atomic mass is 10.3. The first-order valence-electron chi connectivity index (χ1n) is 7.36. The van der Waals surface area contributed by atoms with E-state index in [-0.39, 0.29) is 17.1 Å². The van der Waals surface area contributed by atoms with E-state index in [1.165, 1.54) is 32.4 Å². The molecule has 0 aliphatic rings. The summed E-state index contributed by atoms with van der Waals surface area (Å²) < 4.78 is 35.0. The van der Waals surface area contributed by atoms with Crippen molar-refractivity contribution >= 4 is 33.0 Å². The minimum atomic E-state index is -3.64. The first kappa shape index (κ1) is 19.1. The van der Waals surface area contributed by atoms with Gasteiger partial charge >= 0.3 is 0 Å². The van der Waals surface area contributed by atoms with Gasteiger partial charge in [0, 0.05) is 23.2 Å². The van der Waals surface area contributed by atoms with Gasteiger partial charge in [0.1, 0.15) is 0 Å². The Hall–Kier alpha value is -2.25. The summed E-state index contributed by atoms with van der Waals surface area (Å²) >= 11 is 5.84. The topological polar surface area (TPSA) is 81.7 Å². The van der Waals surface area contributed by atoms with Crippen LogP contribution in [-0.4, -0.2) is 34.3 Å². The number of amides is 1. The van der Waals surface area contributed by atoms with E-state index in [0.29, 0.717) is 22.2 Å². The zero-order valence-electron chi connectivity index (χ0n) is 13.8. The first-order chi connectivity index (χ1) is 11.9. The van der Waals surface area contributed by atoms with Gasteiger partial charge in [-0.2, -0.15) is 0 Å². The van der Waals surface area contributed by atoms with Gasteiger partial charge in [-0.25, -0.2) is 8.42 Å². The number of rotatable bonds is 7. The average molecular weight is 384 g/mol. The second-order valence-corrected chi connectivity index (χ2v) is 7.69. The monoisotopic (exact) mass is 383 g/mol. The van der Waals surface area contributed by atoms with Gasteiger partial charge in [-0.05, 0) is 30.3 Å². The van der Waals surface area contributed by atoms with Gasteiger partial charge in [0.15, 0.2) is 21.3 Å². The number of hydrogen-bond acceptors (Lipinski definition) is 5. The third-order valence-corrected chi connectivity index (χ3v) is 5.37. The van der Waals surface area contributed by atoms with E-state index < -0.39 is 15.7 Å². The summed E-state index contributed by atoms with van der Waals surface area (Å²) in [5.74, 6) is 0.00735. The van der Waals surface area contributed by atoms with E-state index in [1.54, 1.807) is 24.3 Å². The molecule has 0 aliphatic carbocycles. The van der Waals surface area contributed by atoms with E-state index in [0.717, 1.165) is 0 Å². The molecule has 0 aliphatic heterocycles. The van der Waals surface area contributed by atoms with Crippen LogP contribution in [0.2, 0.25) is 5.02 Å². The highest BCUT2D eigenvalue weighted by Crippen LogP contribution is 2.30. The number of ether oxygens (including phenoxy) is 2. The molecule has 0 atom stereocenters. The molecule has 2 aromatic rings. The molecule has 8 heteroatoms. The molecule has 2 rings (SSSR count). The minimum absolute atomic E-state index is 0.0701. The molecule has 1 N–H and O–H groups in total. The van der Waals surface area contributed by atoms with Gasteiger partial charge in [0.25, 0.3) is 0 Å².